The van der Waals surface area contributed by atoms with Gasteiger partial charge >= 0.3 is 0 Å². The van der Waals surface area contributed by atoms with Gasteiger partial charge in [0.1, 0.15) is 24.2 Å². The minimum Gasteiger partial charge on any atom is -0.508 e. The van der Waals surface area contributed by atoms with Crippen LogP contribution in [0, 0.1) is 0 Å². The van der Waals surface area contributed by atoms with Gasteiger partial charge in [0, 0.05) is 12.6 Å². The molecule has 0 heterocycles. The Balaban J connectivity index is 1.76. The molecular weight excluding hydrogens is 344 g/mol. The van der Waals surface area contributed by atoms with Crippen molar-refractivity contribution < 1.29 is 23.4 Å². The van der Waals surface area contributed by atoms with Gasteiger partial charge in [-0.1, -0.05) is 24.3 Å². The van der Waals surface area contributed by atoms with E-state index >= 15 is 0 Å². The van der Waals surface area contributed by atoms with Gasteiger partial charge in [-0.05, 0) is 31.2 Å². The van der Waals surface area contributed by atoms with Crippen LogP contribution in [0.1, 0.15) is 6.92 Å². The predicted octanol–water partition coefficient (Wildman–Crippen LogP) is 1.05. The fourth-order valence-corrected chi connectivity index (χ4v) is 3.28. The third-order valence-corrected chi connectivity index (χ3v) is 4.86. The van der Waals surface area contributed by atoms with E-state index in [1.165, 1.54) is 24.3 Å². The summed E-state index contributed by atoms with van der Waals surface area (Å²) in [5.74, 6) is 0.519. The normalized spacial score (nSPS) is 14.0. The fraction of sp³-hybridized carbons (Fsp3) is 0.294. The van der Waals surface area contributed by atoms with Gasteiger partial charge in [0.25, 0.3) is 0 Å². The zero-order valence-corrected chi connectivity index (χ0v) is 14.6. The predicted molar refractivity (Wildman–Crippen MR) is 93.8 cm³/mol. The van der Waals surface area contributed by atoms with E-state index in [0.29, 0.717) is 5.75 Å². The maximum atomic E-state index is 12.2. The first-order chi connectivity index (χ1) is 11.9. The number of benzene rings is 2. The molecule has 2 atom stereocenters. The highest BCUT2D eigenvalue weighted by atomic mass is 32.2. The monoisotopic (exact) mass is 366 g/mol. The molecule has 136 valence electrons. The number of rotatable bonds is 9. The summed E-state index contributed by atoms with van der Waals surface area (Å²) in [6, 6.07) is 14.3. The van der Waals surface area contributed by atoms with Crippen LogP contribution >= 0.6 is 0 Å². The molecule has 0 spiro atoms. The Kier molecular flexibility index (Phi) is 6.77. The number of aromatic hydroxyl groups is 1. The summed E-state index contributed by atoms with van der Waals surface area (Å²) in [5.41, 5.74) is 0. The van der Waals surface area contributed by atoms with Gasteiger partial charge in [0.05, 0.1) is 11.1 Å². The molecule has 0 saturated carbocycles. The topological polar surface area (TPSA) is 108 Å². The van der Waals surface area contributed by atoms with E-state index in [0.717, 1.165) is 0 Å². The maximum absolute atomic E-state index is 12.2. The molecule has 2 aromatic rings. The molecule has 4 N–H and O–H groups in total. The minimum absolute atomic E-state index is 0.00854. The highest BCUT2D eigenvalue weighted by molar-refractivity contribution is 7.89. The van der Waals surface area contributed by atoms with Gasteiger partial charge in [-0.3, -0.25) is 5.32 Å². The molecule has 8 heteroatoms. The molecule has 2 aromatic carbocycles. The van der Waals surface area contributed by atoms with Crippen LogP contribution in [0.25, 0.3) is 0 Å². The second kappa shape index (κ2) is 8.82. The van der Waals surface area contributed by atoms with Crippen LogP contribution in [0.15, 0.2) is 59.5 Å². The van der Waals surface area contributed by atoms with E-state index in [1.807, 2.05) is 0 Å². The lowest BCUT2D eigenvalue weighted by Crippen LogP contribution is -2.46. The van der Waals surface area contributed by atoms with Gasteiger partial charge in [-0.2, -0.15) is 4.72 Å². The average Bonchev–Trinajstić information content (AvgIpc) is 2.59. The van der Waals surface area contributed by atoms with Crippen molar-refractivity contribution in [3.8, 4) is 11.5 Å². The first-order valence-corrected chi connectivity index (χ1v) is 9.26. The molecule has 0 aliphatic carbocycles. The second-order valence-corrected chi connectivity index (χ2v) is 7.24. The summed E-state index contributed by atoms with van der Waals surface area (Å²) in [5, 5.41) is 22.1. The average molecular weight is 366 g/mol. The Hall–Kier alpha value is -2.13. The first kappa shape index (κ1) is 19.2. The molecule has 0 aliphatic heterocycles. The number of hydrogen-bond donors (Lipinski definition) is 4. The summed E-state index contributed by atoms with van der Waals surface area (Å²) < 4.78 is 32.2. The Morgan fingerprint density at radius 1 is 1.12 bits per heavy atom. The van der Waals surface area contributed by atoms with Crippen molar-refractivity contribution in [2.24, 2.45) is 0 Å². The van der Waals surface area contributed by atoms with Gasteiger partial charge in [-0.15, -0.1) is 0 Å². The van der Waals surface area contributed by atoms with Crippen molar-refractivity contribution >= 4 is 10.0 Å². The zero-order valence-electron chi connectivity index (χ0n) is 13.8. The third-order valence-electron chi connectivity index (χ3n) is 3.31. The van der Waals surface area contributed by atoms with Crippen LogP contribution in [-0.4, -0.2) is 44.1 Å². The van der Waals surface area contributed by atoms with Gasteiger partial charge < -0.3 is 14.9 Å². The number of sulfonamides is 1. The molecule has 0 bridgehead atoms. The highest BCUT2D eigenvalue weighted by Gasteiger charge is 2.17. The molecule has 0 saturated heterocycles. The third kappa shape index (κ3) is 6.35. The van der Waals surface area contributed by atoms with E-state index < -0.39 is 22.3 Å². The number of ether oxygens (including phenoxy) is 1. The molecule has 0 fully saturated rings. The van der Waals surface area contributed by atoms with E-state index in [2.05, 4.69) is 10.0 Å². The zero-order chi connectivity index (χ0) is 18.3. The lowest BCUT2D eigenvalue weighted by molar-refractivity contribution is 0.103. The van der Waals surface area contributed by atoms with Crippen molar-refractivity contribution in [3.63, 3.8) is 0 Å². The lowest BCUT2D eigenvalue weighted by atomic mass is 10.3. The molecule has 25 heavy (non-hydrogen) atoms. The maximum Gasteiger partial charge on any atom is 0.241 e. The number of aliphatic hydroxyl groups excluding tert-OH is 1. The summed E-state index contributed by atoms with van der Waals surface area (Å²) >= 11 is 0. The molecule has 0 aromatic heterocycles. The molecule has 0 aliphatic rings. The van der Waals surface area contributed by atoms with Crippen LogP contribution in [0.3, 0.4) is 0 Å². The molecule has 0 radical (unpaired) electrons. The van der Waals surface area contributed by atoms with Crippen LogP contribution in [0.5, 0.6) is 11.5 Å². The largest absolute Gasteiger partial charge is 0.508 e. The van der Waals surface area contributed by atoms with Crippen molar-refractivity contribution in [1.29, 1.82) is 0 Å². The van der Waals surface area contributed by atoms with Crippen molar-refractivity contribution in [2.45, 2.75) is 24.1 Å². The van der Waals surface area contributed by atoms with Crippen LogP contribution < -0.4 is 14.8 Å². The highest BCUT2D eigenvalue weighted by Crippen LogP contribution is 2.17. The second-order valence-electron chi connectivity index (χ2n) is 5.53. The minimum atomic E-state index is -3.62. The Bertz CT molecular complexity index is 768. The summed E-state index contributed by atoms with van der Waals surface area (Å²) in [6.45, 7) is 1.79. The van der Waals surface area contributed by atoms with Gasteiger partial charge in [0.15, 0.2) is 0 Å². The fourth-order valence-electron chi connectivity index (χ4n) is 2.08. The number of phenols is 1. The SMILES string of the molecule is CC(NCC(O)COc1cccc(O)c1)NS(=O)(=O)c1ccccc1. The number of nitrogens with one attached hydrogen (secondary N) is 2. The van der Waals surface area contributed by atoms with Crippen molar-refractivity contribution in [2.75, 3.05) is 13.2 Å². The quantitative estimate of drug-likeness (QED) is 0.494. The van der Waals surface area contributed by atoms with E-state index in [1.54, 1.807) is 37.3 Å². The van der Waals surface area contributed by atoms with E-state index in [-0.39, 0.29) is 23.8 Å². The Labute approximate surface area is 147 Å². The first-order valence-electron chi connectivity index (χ1n) is 7.77. The van der Waals surface area contributed by atoms with Crippen LogP contribution in [0.4, 0.5) is 0 Å². The molecule has 0 amide bonds. The number of hydrogen-bond acceptors (Lipinski definition) is 6. The van der Waals surface area contributed by atoms with E-state index in [4.69, 9.17) is 4.74 Å². The number of phenolic OH excluding ortho intramolecular Hbond substituents is 1. The van der Waals surface area contributed by atoms with E-state index in [9.17, 15) is 18.6 Å². The van der Waals surface area contributed by atoms with Crippen LogP contribution in [0.2, 0.25) is 0 Å². The van der Waals surface area contributed by atoms with Crippen molar-refractivity contribution in [3.05, 3.63) is 54.6 Å². The van der Waals surface area contributed by atoms with Crippen LogP contribution in [-0.2, 0) is 10.0 Å². The summed E-state index contributed by atoms with van der Waals surface area (Å²) in [7, 11) is -3.62. The van der Waals surface area contributed by atoms with Crippen molar-refractivity contribution in [1.82, 2.24) is 10.0 Å². The summed E-state index contributed by atoms with van der Waals surface area (Å²) in [6.07, 6.45) is -1.41. The Morgan fingerprint density at radius 2 is 1.84 bits per heavy atom. The molecule has 2 unspecified atom stereocenters. The number of aliphatic hydroxyl groups is 1. The summed E-state index contributed by atoms with van der Waals surface area (Å²) in [4.78, 5) is 0.177. The van der Waals surface area contributed by atoms with Gasteiger partial charge in [0.2, 0.25) is 10.0 Å². The smallest absolute Gasteiger partial charge is 0.241 e. The molecular formula is C17H22N2O5S. The van der Waals surface area contributed by atoms with Gasteiger partial charge in [-0.25, -0.2) is 8.42 Å². The Morgan fingerprint density at radius 3 is 2.52 bits per heavy atom. The molecule has 2 rings (SSSR count). The molecule has 7 nitrogen and oxygen atoms in total. The standard InChI is InChI=1S/C17H22N2O5S/c1-13(19-25(22,23)17-8-3-2-4-9-17)18-11-15(21)12-24-16-7-5-6-14(20)10-16/h2-10,13,15,18-21H,11-12H2,1H3. The lowest BCUT2D eigenvalue weighted by Gasteiger charge is -2.19.